The van der Waals surface area contributed by atoms with Gasteiger partial charge in [-0.25, -0.2) is 0 Å². The smallest absolute Gasteiger partial charge is 0.120 e. The molecule has 0 aliphatic heterocycles. The summed E-state index contributed by atoms with van der Waals surface area (Å²) in [6, 6.07) is 7.83. The van der Waals surface area contributed by atoms with Crippen LogP contribution < -0.4 is 0 Å². The first kappa shape index (κ1) is 22.7. The first-order chi connectivity index (χ1) is 13.7. The summed E-state index contributed by atoms with van der Waals surface area (Å²) in [4.78, 5) is 2.80. The fourth-order valence-corrected chi connectivity index (χ4v) is 6.14. The van der Waals surface area contributed by atoms with E-state index in [2.05, 4.69) is 51.7 Å². The molecule has 1 aromatic rings. The third-order valence-electron chi connectivity index (χ3n) is 7.27. The van der Waals surface area contributed by atoms with Crippen LogP contribution in [0.3, 0.4) is 0 Å². The molecular formula is C27H45NO. The van der Waals surface area contributed by atoms with Crippen LogP contribution in [-0.2, 0) is 12.0 Å². The summed E-state index contributed by atoms with van der Waals surface area (Å²) in [5.74, 6) is 0.483. The molecule has 2 fully saturated rings. The van der Waals surface area contributed by atoms with E-state index in [-0.39, 0.29) is 10.8 Å². The highest BCUT2D eigenvalue weighted by atomic mass is 16.3. The van der Waals surface area contributed by atoms with Crippen LogP contribution >= 0.6 is 0 Å². The largest absolute Gasteiger partial charge is 0.508 e. The Kier molecular flexibility index (Phi) is 7.36. The molecule has 0 spiro atoms. The molecule has 1 N–H and O–H groups in total. The van der Waals surface area contributed by atoms with Gasteiger partial charge < -0.3 is 5.11 Å². The minimum absolute atomic E-state index is 0.112. The lowest BCUT2D eigenvalue weighted by Crippen LogP contribution is -2.44. The molecule has 0 bridgehead atoms. The van der Waals surface area contributed by atoms with Crippen molar-refractivity contribution in [2.45, 2.75) is 129 Å². The second-order valence-corrected chi connectivity index (χ2v) is 11.7. The summed E-state index contributed by atoms with van der Waals surface area (Å²) in [5, 5.41) is 10.8. The normalized spacial score (nSPS) is 20.3. The molecule has 0 heterocycles. The lowest BCUT2D eigenvalue weighted by molar-refractivity contribution is 0.0723. The summed E-state index contributed by atoms with van der Waals surface area (Å²) in [6.07, 6.45) is 14.8. The van der Waals surface area contributed by atoms with Crippen molar-refractivity contribution in [3.8, 4) is 5.75 Å². The highest BCUT2D eigenvalue weighted by molar-refractivity contribution is 5.39. The van der Waals surface area contributed by atoms with Crippen molar-refractivity contribution in [3.63, 3.8) is 0 Å². The lowest BCUT2D eigenvalue weighted by Gasteiger charge is -2.42. The zero-order chi connectivity index (χ0) is 21.1. The van der Waals surface area contributed by atoms with Gasteiger partial charge in [0.05, 0.1) is 0 Å². The number of hydrogen-bond acceptors (Lipinski definition) is 2. The minimum atomic E-state index is 0.112. The number of hydrogen-bond donors (Lipinski definition) is 1. The van der Waals surface area contributed by atoms with Crippen LogP contribution in [0.2, 0.25) is 0 Å². The fourth-order valence-electron chi connectivity index (χ4n) is 6.14. The van der Waals surface area contributed by atoms with Crippen LogP contribution in [0.15, 0.2) is 18.2 Å². The van der Waals surface area contributed by atoms with E-state index in [0.717, 1.165) is 18.5 Å². The number of aromatic hydroxyl groups is 1. The predicted octanol–water partition coefficient (Wildman–Crippen LogP) is 7.57. The molecule has 2 aliphatic rings. The Balaban J connectivity index is 1.84. The molecule has 0 saturated heterocycles. The van der Waals surface area contributed by atoms with Gasteiger partial charge in [-0.1, -0.05) is 85.3 Å². The van der Waals surface area contributed by atoms with Crippen molar-refractivity contribution >= 4 is 0 Å². The molecule has 0 atom stereocenters. The molecule has 164 valence electrons. The average molecular weight is 400 g/mol. The Hall–Kier alpha value is -1.02. The summed E-state index contributed by atoms with van der Waals surface area (Å²) in [5.41, 5.74) is 2.91. The summed E-state index contributed by atoms with van der Waals surface area (Å²) in [7, 11) is 0. The van der Waals surface area contributed by atoms with E-state index in [1.807, 2.05) is 6.07 Å². The second-order valence-electron chi connectivity index (χ2n) is 11.7. The molecule has 0 unspecified atom stereocenters. The Morgan fingerprint density at radius 2 is 1.34 bits per heavy atom. The summed E-state index contributed by atoms with van der Waals surface area (Å²) >= 11 is 0. The van der Waals surface area contributed by atoms with Gasteiger partial charge in [0.2, 0.25) is 0 Å². The van der Waals surface area contributed by atoms with Gasteiger partial charge >= 0.3 is 0 Å². The highest BCUT2D eigenvalue weighted by Gasteiger charge is 2.31. The molecule has 2 aliphatic carbocycles. The SMILES string of the molecule is CC(C)(C)CC(C)(C)c1ccc(O)c(CN(C2CCCCC2)C2CCCCC2)c1. The fraction of sp³-hybridized carbons (Fsp3) is 0.778. The quantitative estimate of drug-likeness (QED) is 0.533. The first-order valence-corrected chi connectivity index (χ1v) is 12.2. The monoisotopic (exact) mass is 399 g/mol. The Morgan fingerprint density at radius 1 is 0.828 bits per heavy atom. The number of benzene rings is 1. The zero-order valence-corrected chi connectivity index (χ0v) is 19.8. The number of phenolic OH excluding ortho intramolecular Hbond substituents is 1. The molecule has 0 aromatic heterocycles. The summed E-state index contributed by atoms with van der Waals surface area (Å²) in [6.45, 7) is 12.6. The molecule has 2 heteroatoms. The van der Waals surface area contributed by atoms with Gasteiger partial charge in [-0.05, 0) is 54.6 Å². The number of nitrogens with zero attached hydrogens (tertiary/aromatic N) is 1. The molecule has 0 radical (unpaired) electrons. The third kappa shape index (κ3) is 6.23. The maximum absolute atomic E-state index is 10.8. The molecule has 0 amide bonds. The maximum atomic E-state index is 10.8. The molecule has 2 nitrogen and oxygen atoms in total. The molecule has 2 saturated carbocycles. The standard InChI is InChI=1S/C27H45NO/c1-26(2,3)20-27(4,5)22-16-17-25(29)21(18-22)19-28(23-12-8-6-9-13-23)24-14-10-7-11-15-24/h16-18,23-24,29H,6-15,19-20H2,1-5H3. The van der Waals surface area contributed by atoms with Gasteiger partial charge in [0, 0.05) is 24.2 Å². The van der Waals surface area contributed by atoms with E-state index in [0.29, 0.717) is 17.8 Å². The van der Waals surface area contributed by atoms with Crippen LogP contribution in [0.4, 0.5) is 0 Å². The van der Waals surface area contributed by atoms with Crippen LogP contribution in [0, 0.1) is 5.41 Å². The van der Waals surface area contributed by atoms with Crippen molar-refractivity contribution in [2.75, 3.05) is 0 Å². The van der Waals surface area contributed by atoms with E-state index in [4.69, 9.17) is 0 Å². The van der Waals surface area contributed by atoms with Crippen LogP contribution in [0.25, 0.3) is 0 Å². The molecule has 29 heavy (non-hydrogen) atoms. The number of rotatable bonds is 6. The van der Waals surface area contributed by atoms with Crippen molar-refractivity contribution in [1.82, 2.24) is 4.90 Å². The number of phenols is 1. The van der Waals surface area contributed by atoms with Crippen LogP contribution in [0.5, 0.6) is 5.75 Å². The topological polar surface area (TPSA) is 23.5 Å². The Labute approximate surface area is 180 Å². The van der Waals surface area contributed by atoms with E-state index in [1.54, 1.807) is 0 Å². The minimum Gasteiger partial charge on any atom is -0.508 e. The zero-order valence-electron chi connectivity index (χ0n) is 19.8. The van der Waals surface area contributed by atoms with Gasteiger partial charge in [-0.2, -0.15) is 0 Å². The summed E-state index contributed by atoms with van der Waals surface area (Å²) < 4.78 is 0. The highest BCUT2D eigenvalue weighted by Crippen LogP contribution is 2.39. The van der Waals surface area contributed by atoms with Crippen molar-refractivity contribution in [1.29, 1.82) is 0 Å². The van der Waals surface area contributed by atoms with E-state index >= 15 is 0 Å². The van der Waals surface area contributed by atoms with E-state index in [1.165, 1.54) is 69.8 Å². The van der Waals surface area contributed by atoms with Crippen molar-refractivity contribution < 1.29 is 5.11 Å². The molecule has 1 aromatic carbocycles. The van der Waals surface area contributed by atoms with Gasteiger partial charge in [-0.15, -0.1) is 0 Å². The van der Waals surface area contributed by atoms with Gasteiger partial charge in [-0.3, -0.25) is 4.90 Å². The first-order valence-electron chi connectivity index (χ1n) is 12.2. The van der Waals surface area contributed by atoms with Gasteiger partial charge in [0.25, 0.3) is 0 Å². The van der Waals surface area contributed by atoms with Gasteiger partial charge in [0.1, 0.15) is 5.75 Å². The molecule has 3 rings (SSSR count). The van der Waals surface area contributed by atoms with E-state index in [9.17, 15) is 5.11 Å². The predicted molar refractivity (Wildman–Crippen MR) is 124 cm³/mol. The average Bonchev–Trinajstić information content (AvgIpc) is 2.66. The van der Waals surface area contributed by atoms with Crippen LogP contribution in [0.1, 0.15) is 116 Å². The molecular weight excluding hydrogens is 354 g/mol. The van der Waals surface area contributed by atoms with Crippen LogP contribution in [-0.4, -0.2) is 22.1 Å². The second kappa shape index (κ2) is 9.41. The lowest BCUT2D eigenvalue weighted by atomic mass is 9.72. The third-order valence-corrected chi connectivity index (χ3v) is 7.27. The van der Waals surface area contributed by atoms with Gasteiger partial charge in [0.15, 0.2) is 0 Å². The Morgan fingerprint density at radius 3 is 1.83 bits per heavy atom. The van der Waals surface area contributed by atoms with Crippen molar-refractivity contribution in [3.05, 3.63) is 29.3 Å². The van der Waals surface area contributed by atoms with Crippen molar-refractivity contribution in [2.24, 2.45) is 5.41 Å². The van der Waals surface area contributed by atoms with E-state index < -0.39 is 0 Å². The maximum Gasteiger partial charge on any atom is 0.120 e. The Bertz CT molecular complexity index is 627.